The summed E-state index contributed by atoms with van der Waals surface area (Å²) in [6, 6.07) is 17.0. The van der Waals surface area contributed by atoms with Crippen LogP contribution in [0, 0.1) is 0 Å². The van der Waals surface area contributed by atoms with E-state index in [4.69, 9.17) is 0 Å². The predicted octanol–water partition coefficient (Wildman–Crippen LogP) is 6.02. The maximum Gasteiger partial charge on any atom is 0.0488 e. The van der Waals surface area contributed by atoms with Crippen molar-refractivity contribution in [3.63, 3.8) is 0 Å². The molecule has 1 heteroatoms. The van der Waals surface area contributed by atoms with Gasteiger partial charge in [-0.2, -0.15) is 0 Å². The number of para-hydroxylation sites is 2. The maximum absolute atomic E-state index is 2.24. The van der Waals surface area contributed by atoms with E-state index < -0.39 is 0 Å². The van der Waals surface area contributed by atoms with Crippen LogP contribution in [0.1, 0.15) is 35.1 Å². The monoisotopic (exact) mass is 257 g/mol. The van der Waals surface area contributed by atoms with Gasteiger partial charge in [-0.3, -0.25) is 0 Å². The van der Waals surface area contributed by atoms with Gasteiger partial charge in [-0.15, -0.1) is 0 Å². The first-order valence-corrected chi connectivity index (χ1v) is 6.80. The van der Waals surface area contributed by atoms with Gasteiger partial charge in [0.05, 0.1) is 0 Å². The van der Waals surface area contributed by atoms with E-state index in [1.807, 2.05) is 27.7 Å². The summed E-state index contributed by atoms with van der Waals surface area (Å²) < 4.78 is 2.24. The molecule has 0 radical (unpaired) electrons. The average molecular weight is 257 g/mol. The molecule has 3 aromatic rings. The van der Waals surface area contributed by atoms with Gasteiger partial charge in [-0.05, 0) is 12.1 Å². The molecule has 0 saturated carbocycles. The third kappa shape index (κ3) is 3.17. The molecule has 0 N–H and O–H groups in total. The van der Waals surface area contributed by atoms with Crippen LogP contribution < -0.4 is 0 Å². The highest BCUT2D eigenvalue weighted by molar-refractivity contribution is 6.07. The quantitative estimate of drug-likeness (QED) is 0.464. The molecule has 0 aliphatic heterocycles. The molecule has 1 aromatic heterocycles. The summed E-state index contributed by atoms with van der Waals surface area (Å²) in [5, 5.41) is 2.68. The first-order chi connectivity index (χ1) is 8.88. The van der Waals surface area contributed by atoms with Crippen LogP contribution in [-0.4, -0.2) is 4.57 Å². The number of aromatic nitrogens is 1. The molecule has 0 spiro atoms. The second-order valence-electron chi connectivity index (χ2n) is 3.59. The molecule has 19 heavy (non-hydrogen) atoms. The van der Waals surface area contributed by atoms with E-state index in [0.717, 1.165) is 0 Å². The molecule has 0 unspecified atom stereocenters. The van der Waals surface area contributed by atoms with Gasteiger partial charge < -0.3 is 4.57 Å². The number of hydrogen-bond donors (Lipinski definition) is 0. The Morgan fingerprint density at radius 1 is 0.632 bits per heavy atom. The Balaban J connectivity index is 0.000000597. The van der Waals surface area contributed by atoms with Gasteiger partial charge in [0.25, 0.3) is 0 Å². The van der Waals surface area contributed by atoms with Crippen molar-refractivity contribution in [3.05, 3.63) is 48.5 Å². The molecule has 0 saturated heterocycles. The molecule has 0 bridgehead atoms. The van der Waals surface area contributed by atoms with E-state index in [1.165, 1.54) is 21.8 Å². The molecular weight excluding hydrogens is 230 g/mol. The van der Waals surface area contributed by atoms with Crippen LogP contribution in [0.15, 0.2) is 48.5 Å². The molecule has 0 atom stereocenters. The Morgan fingerprint density at radius 3 is 1.32 bits per heavy atom. The largest absolute Gasteiger partial charge is 0.344 e. The Morgan fingerprint density at radius 2 is 0.947 bits per heavy atom. The van der Waals surface area contributed by atoms with Crippen molar-refractivity contribution in [1.82, 2.24) is 4.57 Å². The SMILES string of the molecule is C.CC.CC.Cn1c2ccccc2c2ccccc21. The van der Waals surface area contributed by atoms with E-state index in [2.05, 4.69) is 60.1 Å². The van der Waals surface area contributed by atoms with E-state index in [0.29, 0.717) is 0 Å². The standard InChI is InChI=1S/C13H11N.2C2H6.CH4/c1-14-12-8-4-2-6-10(12)11-7-3-5-9-13(11)14;2*1-2;/h2-9H,1H3;2*1-2H3;1H4. The van der Waals surface area contributed by atoms with E-state index in [9.17, 15) is 0 Å². The second-order valence-corrected chi connectivity index (χ2v) is 3.59. The van der Waals surface area contributed by atoms with Gasteiger partial charge >= 0.3 is 0 Å². The summed E-state index contributed by atoms with van der Waals surface area (Å²) >= 11 is 0. The Kier molecular flexibility index (Phi) is 7.59. The van der Waals surface area contributed by atoms with Gasteiger partial charge in [0.1, 0.15) is 0 Å². The van der Waals surface area contributed by atoms with Gasteiger partial charge in [0, 0.05) is 28.9 Å². The van der Waals surface area contributed by atoms with E-state index in [-0.39, 0.29) is 7.43 Å². The minimum absolute atomic E-state index is 0. The van der Waals surface area contributed by atoms with Crippen LogP contribution in [0.2, 0.25) is 0 Å². The molecule has 104 valence electrons. The smallest absolute Gasteiger partial charge is 0.0488 e. The molecular formula is C18H27N. The van der Waals surface area contributed by atoms with Crippen molar-refractivity contribution >= 4 is 21.8 Å². The number of fused-ring (bicyclic) bond motifs is 3. The second kappa shape index (κ2) is 8.36. The van der Waals surface area contributed by atoms with Crippen LogP contribution in [0.3, 0.4) is 0 Å². The van der Waals surface area contributed by atoms with Gasteiger partial charge in [-0.25, -0.2) is 0 Å². The number of benzene rings is 2. The van der Waals surface area contributed by atoms with E-state index in [1.54, 1.807) is 0 Å². The van der Waals surface area contributed by atoms with Gasteiger partial charge in [0.2, 0.25) is 0 Å². The van der Waals surface area contributed by atoms with E-state index >= 15 is 0 Å². The fourth-order valence-electron chi connectivity index (χ4n) is 2.12. The normalized spacial score (nSPS) is 8.89. The van der Waals surface area contributed by atoms with Crippen molar-refractivity contribution in [2.75, 3.05) is 0 Å². The van der Waals surface area contributed by atoms with Crippen LogP contribution in [-0.2, 0) is 7.05 Å². The maximum atomic E-state index is 2.24. The van der Waals surface area contributed by atoms with Crippen molar-refractivity contribution in [3.8, 4) is 0 Å². The fourth-order valence-corrected chi connectivity index (χ4v) is 2.12. The highest BCUT2D eigenvalue weighted by atomic mass is 14.9. The topological polar surface area (TPSA) is 4.93 Å². The molecule has 3 rings (SSSR count). The zero-order valence-electron chi connectivity index (χ0n) is 12.1. The van der Waals surface area contributed by atoms with Crippen molar-refractivity contribution in [2.45, 2.75) is 35.1 Å². The lowest BCUT2D eigenvalue weighted by molar-refractivity contribution is 1.01. The number of nitrogens with zero attached hydrogens (tertiary/aromatic N) is 1. The van der Waals surface area contributed by atoms with Crippen LogP contribution >= 0.6 is 0 Å². The molecule has 2 aromatic carbocycles. The highest BCUT2D eigenvalue weighted by Gasteiger charge is 2.04. The summed E-state index contributed by atoms with van der Waals surface area (Å²) in [7, 11) is 2.12. The Labute approximate surface area is 117 Å². The Hall–Kier alpha value is -1.76. The molecule has 0 aliphatic carbocycles. The van der Waals surface area contributed by atoms with Crippen LogP contribution in [0.5, 0.6) is 0 Å². The lowest BCUT2D eigenvalue weighted by Crippen LogP contribution is -1.84. The minimum Gasteiger partial charge on any atom is -0.344 e. The van der Waals surface area contributed by atoms with Crippen molar-refractivity contribution in [2.24, 2.45) is 7.05 Å². The zero-order chi connectivity index (χ0) is 13.5. The summed E-state index contributed by atoms with van der Waals surface area (Å²) in [4.78, 5) is 0. The number of aryl methyl sites for hydroxylation is 1. The minimum atomic E-state index is 0. The summed E-state index contributed by atoms with van der Waals surface area (Å²) in [6.45, 7) is 8.00. The number of rotatable bonds is 0. The summed E-state index contributed by atoms with van der Waals surface area (Å²) in [6.07, 6.45) is 0. The lowest BCUT2D eigenvalue weighted by atomic mass is 10.2. The third-order valence-corrected chi connectivity index (χ3v) is 2.82. The first-order valence-electron chi connectivity index (χ1n) is 6.80. The fraction of sp³-hybridized carbons (Fsp3) is 0.333. The lowest BCUT2D eigenvalue weighted by Gasteiger charge is -1.95. The average Bonchev–Trinajstić information content (AvgIpc) is 2.78. The summed E-state index contributed by atoms with van der Waals surface area (Å²) in [5.74, 6) is 0. The third-order valence-electron chi connectivity index (χ3n) is 2.82. The molecule has 0 amide bonds. The molecule has 1 heterocycles. The Bertz CT molecular complexity index is 552. The predicted molar refractivity (Wildman–Crippen MR) is 89.9 cm³/mol. The van der Waals surface area contributed by atoms with Crippen LogP contribution in [0.25, 0.3) is 21.8 Å². The van der Waals surface area contributed by atoms with Crippen molar-refractivity contribution in [1.29, 1.82) is 0 Å². The summed E-state index contributed by atoms with van der Waals surface area (Å²) in [5.41, 5.74) is 2.60. The number of hydrogen-bond acceptors (Lipinski definition) is 0. The molecule has 0 aliphatic rings. The van der Waals surface area contributed by atoms with Gasteiger partial charge in [0.15, 0.2) is 0 Å². The van der Waals surface area contributed by atoms with Gasteiger partial charge in [-0.1, -0.05) is 71.5 Å². The molecule has 1 nitrogen and oxygen atoms in total. The molecule has 0 fully saturated rings. The highest BCUT2D eigenvalue weighted by Crippen LogP contribution is 2.26. The van der Waals surface area contributed by atoms with Crippen molar-refractivity contribution < 1.29 is 0 Å². The zero-order valence-corrected chi connectivity index (χ0v) is 12.1. The first kappa shape index (κ1) is 17.2. The van der Waals surface area contributed by atoms with Crippen LogP contribution in [0.4, 0.5) is 0 Å².